The zero-order chi connectivity index (χ0) is 22.2. The minimum Gasteiger partial charge on any atom is -0.378 e. The highest BCUT2D eigenvalue weighted by Gasteiger charge is 2.22. The first kappa shape index (κ1) is 20.5. The summed E-state index contributed by atoms with van der Waals surface area (Å²) in [4.78, 5) is 36.6. The van der Waals surface area contributed by atoms with Gasteiger partial charge in [-0.1, -0.05) is 18.2 Å². The summed E-state index contributed by atoms with van der Waals surface area (Å²) < 4.78 is 6.96. The molecule has 8 nitrogen and oxygen atoms in total. The molecule has 0 aliphatic carbocycles. The van der Waals surface area contributed by atoms with Crippen LogP contribution in [0.15, 0.2) is 47.4 Å². The van der Waals surface area contributed by atoms with Crippen molar-refractivity contribution in [2.24, 2.45) is 0 Å². The molecule has 1 aromatic carbocycles. The first-order chi connectivity index (χ1) is 15.5. The second kappa shape index (κ2) is 8.27. The summed E-state index contributed by atoms with van der Waals surface area (Å²) in [5.41, 5.74) is 4.26. The molecule has 8 heteroatoms. The first-order valence-electron chi connectivity index (χ1n) is 10.9. The lowest BCUT2D eigenvalue weighted by Crippen LogP contribution is -2.37. The van der Waals surface area contributed by atoms with Crippen LogP contribution in [-0.2, 0) is 17.7 Å². The summed E-state index contributed by atoms with van der Waals surface area (Å²) in [6.45, 7) is 4.12. The summed E-state index contributed by atoms with van der Waals surface area (Å²) in [5.74, 6) is 0.521. The zero-order valence-electron chi connectivity index (χ0n) is 18.5. The lowest BCUT2D eigenvalue weighted by atomic mass is 10.1. The summed E-state index contributed by atoms with van der Waals surface area (Å²) >= 11 is 0. The third-order valence-corrected chi connectivity index (χ3v) is 6.16. The standard InChI is InChI=1S/C24H27N5O3/c1-26(2)24(31)19-13-18(15-28-8-7-17-5-3-4-6-20(17)28)23-25-21(14-22(30)29(23)16-19)27-9-11-32-12-10-27/h3-6,13-14,16H,7-12,15H2,1-2H3. The van der Waals surface area contributed by atoms with E-state index in [1.165, 1.54) is 20.6 Å². The third kappa shape index (κ3) is 3.71. The number of para-hydroxylation sites is 1. The largest absolute Gasteiger partial charge is 0.378 e. The van der Waals surface area contributed by atoms with Gasteiger partial charge in [0.1, 0.15) is 11.5 Å². The fourth-order valence-electron chi connectivity index (χ4n) is 4.48. The van der Waals surface area contributed by atoms with Crippen LogP contribution >= 0.6 is 0 Å². The van der Waals surface area contributed by atoms with Gasteiger partial charge in [-0.25, -0.2) is 4.98 Å². The van der Waals surface area contributed by atoms with Gasteiger partial charge in [-0.15, -0.1) is 0 Å². The number of rotatable bonds is 4. The molecular weight excluding hydrogens is 406 g/mol. The van der Waals surface area contributed by atoms with Crippen molar-refractivity contribution in [3.8, 4) is 0 Å². The van der Waals surface area contributed by atoms with Gasteiger partial charge >= 0.3 is 0 Å². The number of carbonyl (C=O) groups is 1. The number of ether oxygens (including phenoxy) is 1. The van der Waals surface area contributed by atoms with Crippen molar-refractivity contribution in [3.05, 3.63) is 69.6 Å². The highest BCUT2D eigenvalue weighted by Crippen LogP contribution is 2.30. The highest BCUT2D eigenvalue weighted by atomic mass is 16.5. The molecule has 1 fully saturated rings. The van der Waals surface area contributed by atoms with Gasteiger partial charge in [0, 0.05) is 63.8 Å². The molecule has 3 aromatic rings. The normalized spacial score (nSPS) is 15.8. The maximum atomic E-state index is 13.1. The molecule has 2 aliphatic rings. The van der Waals surface area contributed by atoms with Crippen molar-refractivity contribution in [1.29, 1.82) is 0 Å². The van der Waals surface area contributed by atoms with E-state index in [9.17, 15) is 9.59 Å². The van der Waals surface area contributed by atoms with Crippen molar-refractivity contribution in [2.45, 2.75) is 13.0 Å². The van der Waals surface area contributed by atoms with Gasteiger partial charge in [-0.3, -0.25) is 14.0 Å². The predicted octanol–water partition coefficient (Wildman–Crippen LogP) is 1.80. The van der Waals surface area contributed by atoms with E-state index in [1.54, 1.807) is 26.4 Å². The number of aromatic nitrogens is 2. The lowest BCUT2D eigenvalue weighted by molar-refractivity contribution is 0.0827. The van der Waals surface area contributed by atoms with Crippen molar-refractivity contribution in [3.63, 3.8) is 0 Å². The number of nitrogens with zero attached hydrogens (tertiary/aromatic N) is 5. The first-order valence-corrected chi connectivity index (χ1v) is 10.9. The number of hydrogen-bond acceptors (Lipinski definition) is 6. The van der Waals surface area contributed by atoms with Gasteiger partial charge in [0.2, 0.25) is 0 Å². The van der Waals surface area contributed by atoms with Crippen LogP contribution in [0.25, 0.3) is 5.65 Å². The van der Waals surface area contributed by atoms with Crippen LogP contribution in [-0.4, -0.2) is 67.1 Å². The SMILES string of the molecule is CN(C)C(=O)c1cc(CN2CCc3ccccc32)c2nc(N3CCOCC3)cc(=O)n2c1. The molecule has 0 unspecified atom stereocenters. The van der Waals surface area contributed by atoms with Gasteiger partial charge in [0.15, 0.2) is 0 Å². The number of benzene rings is 1. The zero-order valence-corrected chi connectivity index (χ0v) is 18.5. The molecule has 0 saturated carbocycles. The molecule has 166 valence electrons. The second-order valence-electron chi connectivity index (χ2n) is 8.50. The van der Waals surface area contributed by atoms with Gasteiger partial charge in [0.05, 0.1) is 18.8 Å². The van der Waals surface area contributed by atoms with Crippen LogP contribution in [0.4, 0.5) is 11.5 Å². The molecule has 32 heavy (non-hydrogen) atoms. The molecule has 4 heterocycles. The molecule has 1 saturated heterocycles. The van der Waals surface area contributed by atoms with E-state index in [1.807, 2.05) is 12.1 Å². The Kier molecular flexibility index (Phi) is 5.30. The Morgan fingerprint density at radius 1 is 1.12 bits per heavy atom. The lowest BCUT2D eigenvalue weighted by Gasteiger charge is -2.28. The van der Waals surface area contributed by atoms with Crippen LogP contribution in [0.1, 0.15) is 21.5 Å². The third-order valence-electron chi connectivity index (χ3n) is 6.16. The number of fused-ring (bicyclic) bond motifs is 2. The number of hydrogen-bond donors (Lipinski definition) is 0. The van der Waals surface area contributed by atoms with E-state index in [0.29, 0.717) is 49.9 Å². The Morgan fingerprint density at radius 3 is 2.69 bits per heavy atom. The molecule has 0 spiro atoms. The van der Waals surface area contributed by atoms with Gasteiger partial charge in [-0.05, 0) is 24.1 Å². The molecule has 2 aliphatic heterocycles. The minimum atomic E-state index is -0.187. The van der Waals surface area contributed by atoms with E-state index >= 15 is 0 Å². The van der Waals surface area contributed by atoms with Crippen LogP contribution in [0.5, 0.6) is 0 Å². The van der Waals surface area contributed by atoms with Gasteiger partial charge in [0.25, 0.3) is 11.5 Å². The van der Waals surface area contributed by atoms with Crippen molar-refractivity contribution >= 4 is 23.1 Å². The van der Waals surface area contributed by atoms with Gasteiger partial charge < -0.3 is 19.4 Å². The van der Waals surface area contributed by atoms with Crippen LogP contribution in [0, 0.1) is 0 Å². The molecule has 0 radical (unpaired) electrons. The van der Waals surface area contributed by atoms with E-state index in [0.717, 1.165) is 18.5 Å². The van der Waals surface area contributed by atoms with Crippen LogP contribution < -0.4 is 15.4 Å². The van der Waals surface area contributed by atoms with E-state index in [4.69, 9.17) is 9.72 Å². The minimum absolute atomic E-state index is 0.140. The smallest absolute Gasteiger partial charge is 0.259 e. The summed E-state index contributed by atoms with van der Waals surface area (Å²) in [5, 5.41) is 0. The number of anilines is 2. The number of carbonyl (C=O) groups excluding carboxylic acids is 1. The molecular formula is C24H27N5O3. The highest BCUT2D eigenvalue weighted by molar-refractivity contribution is 5.94. The average Bonchev–Trinajstić information content (AvgIpc) is 3.22. The molecule has 0 bridgehead atoms. The molecule has 2 aromatic heterocycles. The van der Waals surface area contributed by atoms with Gasteiger partial charge in [-0.2, -0.15) is 0 Å². The van der Waals surface area contributed by atoms with E-state index in [2.05, 4.69) is 28.0 Å². The summed E-state index contributed by atoms with van der Waals surface area (Å²) in [6.07, 6.45) is 2.59. The van der Waals surface area contributed by atoms with Crippen molar-refractivity contribution in [1.82, 2.24) is 14.3 Å². The fourth-order valence-corrected chi connectivity index (χ4v) is 4.48. The van der Waals surface area contributed by atoms with E-state index in [-0.39, 0.29) is 11.5 Å². The summed E-state index contributed by atoms with van der Waals surface area (Å²) in [6, 6.07) is 11.8. The van der Waals surface area contributed by atoms with Crippen LogP contribution in [0.2, 0.25) is 0 Å². The van der Waals surface area contributed by atoms with Crippen molar-refractivity contribution < 1.29 is 9.53 Å². The Bertz CT molecular complexity index is 1230. The Hall–Kier alpha value is -3.39. The Balaban J connectivity index is 1.63. The number of morpholine rings is 1. The second-order valence-corrected chi connectivity index (χ2v) is 8.50. The molecule has 0 atom stereocenters. The van der Waals surface area contributed by atoms with Crippen molar-refractivity contribution in [2.75, 3.05) is 56.7 Å². The molecule has 1 amide bonds. The topological polar surface area (TPSA) is 70.4 Å². The Labute approximate surface area is 186 Å². The number of pyridine rings is 1. The molecule has 0 N–H and O–H groups in total. The maximum Gasteiger partial charge on any atom is 0.259 e. The maximum absolute atomic E-state index is 13.1. The average molecular weight is 434 g/mol. The van der Waals surface area contributed by atoms with E-state index < -0.39 is 0 Å². The Morgan fingerprint density at radius 2 is 1.91 bits per heavy atom. The summed E-state index contributed by atoms with van der Waals surface area (Å²) in [7, 11) is 3.43. The van der Waals surface area contributed by atoms with Crippen LogP contribution in [0.3, 0.4) is 0 Å². The quantitative estimate of drug-likeness (QED) is 0.625. The fraction of sp³-hybridized carbons (Fsp3) is 0.375. The predicted molar refractivity (Wildman–Crippen MR) is 124 cm³/mol. The molecule has 5 rings (SSSR count). The number of amides is 1. The monoisotopic (exact) mass is 433 g/mol.